The molecule has 0 saturated heterocycles. The summed E-state index contributed by atoms with van der Waals surface area (Å²) in [6.45, 7) is 0. The summed E-state index contributed by atoms with van der Waals surface area (Å²) < 4.78 is 0. The van der Waals surface area contributed by atoms with Gasteiger partial charge in [0, 0.05) is 23.7 Å². The first-order valence-electron chi connectivity index (χ1n) is 5.20. The van der Waals surface area contributed by atoms with Crippen LogP contribution >= 0.6 is 11.3 Å². The molecule has 5 heteroatoms. The average Bonchev–Trinajstić information content (AvgIpc) is 2.76. The predicted octanol–water partition coefficient (Wildman–Crippen LogP) is 2.14. The Morgan fingerprint density at radius 3 is 3.06 bits per heavy atom. The van der Waals surface area contributed by atoms with Crippen LogP contribution in [0.25, 0.3) is 5.57 Å². The first kappa shape index (κ1) is 10.2. The van der Waals surface area contributed by atoms with Gasteiger partial charge in [0.1, 0.15) is 12.1 Å². The Labute approximate surface area is 103 Å². The van der Waals surface area contributed by atoms with Crippen molar-refractivity contribution in [2.75, 3.05) is 5.73 Å². The summed E-state index contributed by atoms with van der Waals surface area (Å²) >= 11 is 1.70. The lowest BCUT2D eigenvalue weighted by Crippen LogP contribution is -2.04. The third-order valence-electron chi connectivity index (χ3n) is 2.63. The molecular formula is C12H10N4S. The highest BCUT2D eigenvalue weighted by atomic mass is 32.1. The molecule has 17 heavy (non-hydrogen) atoms. The monoisotopic (exact) mass is 242 g/mol. The number of hydrogen-bond donors (Lipinski definition) is 1. The molecule has 0 unspecified atom stereocenters. The van der Waals surface area contributed by atoms with E-state index in [1.54, 1.807) is 17.6 Å². The van der Waals surface area contributed by atoms with Crippen LogP contribution in [0.4, 0.5) is 5.82 Å². The van der Waals surface area contributed by atoms with E-state index in [9.17, 15) is 0 Å². The molecule has 2 aromatic rings. The fourth-order valence-electron chi connectivity index (χ4n) is 1.77. The van der Waals surface area contributed by atoms with Crippen molar-refractivity contribution >= 4 is 28.9 Å². The van der Waals surface area contributed by atoms with Gasteiger partial charge in [-0.1, -0.05) is 6.07 Å². The van der Waals surface area contributed by atoms with Gasteiger partial charge >= 0.3 is 0 Å². The maximum atomic E-state index is 5.81. The van der Waals surface area contributed by atoms with Crippen molar-refractivity contribution < 1.29 is 0 Å². The van der Waals surface area contributed by atoms with Gasteiger partial charge in [-0.15, -0.1) is 11.3 Å². The van der Waals surface area contributed by atoms with Gasteiger partial charge < -0.3 is 5.73 Å². The maximum absolute atomic E-state index is 5.81. The molecule has 0 aromatic carbocycles. The number of rotatable bonds is 1. The van der Waals surface area contributed by atoms with Crippen LogP contribution in [0.15, 0.2) is 35.0 Å². The molecule has 2 N–H and O–H groups in total. The highest BCUT2D eigenvalue weighted by Crippen LogP contribution is 2.26. The zero-order valence-electron chi connectivity index (χ0n) is 9.00. The fourth-order valence-corrected chi connectivity index (χ4v) is 2.51. The summed E-state index contributed by atoms with van der Waals surface area (Å²) in [6.07, 6.45) is 5.83. The van der Waals surface area contributed by atoms with Crippen LogP contribution in [0.5, 0.6) is 0 Å². The molecule has 1 aliphatic heterocycles. The topological polar surface area (TPSA) is 64.2 Å². The van der Waals surface area contributed by atoms with Crippen molar-refractivity contribution in [3.8, 4) is 0 Å². The van der Waals surface area contributed by atoms with E-state index in [0.717, 1.165) is 23.3 Å². The van der Waals surface area contributed by atoms with E-state index in [2.05, 4.69) is 26.4 Å². The van der Waals surface area contributed by atoms with Crippen LogP contribution in [0, 0.1) is 0 Å². The number of aliphatic imine (C=N–C) groups is 1. The zero-order valence-corrected chi connectivity index (χ0v) is 9.81. The summed E-state index contributed by atoms with van der Waals surface area (Å²) in [5.74, 6) is 0.486. The Morgan fingerprint density at radius 1 is 1.29 bits per heavy atom. The van der Waals surface area contributed by atoms with Crippen LogP contribution in [-0.2, 0) is 6.42 Å². The lowest BCUT2D eigenvalue weighted by Gasteiger charge is -2.05. The van der Waals surface area contributed by atoms with Gasteiger partial charge in [-0.3, -0.25) is 4.99 Å². The van der Waals surface area contributed by atoms with Crippen LogP contribution in [0.1, 0.15) is 16.1 Å². The molecule has 0 amide bonds. The number of anilines is 1. The summed E-state index contributed by atoms with van der Waals surface area (Å²) in [4.78, 5) is 13.7. The van der Waals surface area contributed by atoms with Gasteiger partial charge in [-0.05, 0) is 17.0 Å². The van der Waals surface area contributed by atoms with Gasteiger partial charge in [0.25, 0.3) is 0 Å². The van der Waals surface area contributed by atoms with Gasteiger partial charge in [0.2, 0.25) is 0 Å². The molecule has 3 rings (SSSR count). The molecular weight excluding hydrogens is 232 g/mol. The van der Waals surface area contributed by atoms with E-state index in [1.165, 1.54) is 11.2 Å². The minimum Gasteiger partial charge on any atom is -0.383 e. The number of nitrogen functional groups attached to an aromatic ring is 1. The molecule has 0 aliphatic carbocycles. The molecule has 0 saturated carbocycles. The maximum Gasteiger partial charge on any atom is 0.135 e. The molecule has 0 spiro atoms. The van der Waals surface area contributed by atoms with E-state index in [1.807, 2.05) is 12.3 Å². The molecule has 4 nitrogen and oxygen atoms in total. The molecule has 1 aliphatic rings. The first-order valence-corrected chi connectivity index (χ1v) is 6.08. The third kappa shape index (κ3) is 1.85. The smallest absolute Gasteiger partial charge is 0.135 e. The number of aromatic nitrogens is 2. The second-order valence-corrected chi connectivity index (χ2v) is 4.65. The Kier molecular flexibility index (Phi) is 2.45. The highest BCUT2D eigenvalue weighted by molar-refractivity contribution is 7.11. The zero-order chi connectivity index (χ0) is 11.7. The van der Waals surface area contributed by atoms with E-state index < -0.39 is 0 Å². The number of allylic oxidation sites excluding steroid dienone is 1. The normalized spacial score (nSPS) is 14.0. The van der Waals surface area contributed by atoms with E-state index in [-0.39, 0.29) is 0 Å². The quantitative estimate of drug-likeness (QED) is 0.833. The average molecular weight is 242 g/mol. The standard InChI is InChI=1S/C12H10N4S/c13-12-9-6-14-5-8(11-2-1-3-17-11)4-10(9)15-7-16-12/h1-3,5-7H,4H2,(H2,13,15,16). The first-order chi connectivity index (χ1) is 8.34. The fraction of sp³-hybridized carbons (Fsp3) is 0.0833. The van der Waals surface area contributed by atoms with E-state index in [4.69, 9.17) is 5.73 Å². The number of nitrogens with two attached hydrogens (primary N) is 1. The number of thiophene rings is 1. The Hall–Kier alpha value is -2.01. The Balaban J connectivity index is 2.05. The Morgan fingerprint density at radius 2 is 2.24 bits per heavy atom. The van der Waals surface area contributed by atoms with Crippen LogP contribution in [0.2, 0.25) is 0 Å². The summed E-state index contributed by atoms with van der Waals surface area (Å²) in [5, 5.41) is 2.06. The molecule has 0 bridgehead atoms. The van der Waals surface area contributed by atoms with Crippen molar-refractivity contribution in [1.29, 1.82) is 0 Å². The predicted molar refractivity (Wildman–Crippen MR) is 70.0 cm³/mol. The minimum absolute atomic E-state index is 0.486. The molecule has 0 radical (unpaired) electrons. The second-order valence-electron chi connectivity index (χ2n) is 3.71. The summed E-state index contributed by atoms with van der Waals surface area (Å²) in [5.41, 5.74) is 8.73. The van der Waals surface area contributed by atoms with E-state index >= 15 is 0 Å². The largest absolute Gasteiger partial charge is 0.383 e. The SMILES string of the molecule is Nc1ncnc2c1C=NC=C(c1cccs1)C2. The van der Waals surface area contributed by atoms with Crippen molar-refractivity contribution in [3.63, 3.8) is 0 Å². The number of nitrogens with zero attached hydrogens (tertiary/aromatic N) is 3. The molecule has 0 fully saturated rings. The van der Waals surface area contributed by atoms with Crippen LogP contribution in [-0.4, -0.2) is 16.2 Å². The van der Waals surface area contributed by atoms with E-state index in [0.29, 0.717) is 5.82 Å². The molecule has 84 valence electrons. The highest BCUT2D eigenvalue weighted by Gasteiger charge is 2.13. The summed E-state index contributed by atoms with van der Waals surface area (Å²) in [6, 6.07) is 4.12. The molecule has 0 atom stereocenters. The summed E-state index contributed by atoms with van der Waals surface area (Å²) in [7, 11) is 0. The Bertz CT molecular complexity index is 599. The van der Waals surface area contributed by atoms with Crippen molar-refractivity contribution in [2.24, 2.45) is 4.99 Å². The second kappa shape index (κ2) is 4.10. The van der Waals surface area contributed by atoms with Crippen LogP contribution < -0.4 is 5.73 Å². The van der Waals surface area contributed by atoms with Crippen molar-refractivity contribution in [1.82, 2.24) is 9.97 Å². The van der Waals surface area contributed by atoms with Crippen LogP contribution in [0.3, 0.4) is 0 Å². The number of hydrogen-bond acceptors (Lipinski definition) is 5. The van der Waals surface area contributed by atoms with Gasteiger partial charge in [0.05, 0.1) is 11.3 Å². The van der Waals surface area contributed by atoms with Gasteiger partial charge in [-0.25, -0.2) is 9.97 Å². The lowest BCUT2D eigenvalue weighted by atomic mass is 10.1. The van der Waals surface area contributed by atoms with Gasteiger partial charge in [-0.2, -0.15) is 0 Å². The van der Waals surface area contributed by atoms with Crippen molar-refractivity contribution in [3.05, 3.63) is 46.2 Å². The number of fused-ring (bicyclic) bond motifs is 1. The lowest BCUT2D eigenvalue weighted by molar-refractivity contribution is 1.06. The third-order valence-corrected chi connectivity index (χ3v) is 3.57. The van der Waals surface area contributed by atoms with Crippen molar-refractivity contribution in [2.45, 2.75) is 6.42 Å². The molecule has 2 aromatic heterocycles. The molecule has 3 heterocycles. The minimum atomic E-state index is 0.486. The van der Waals surface area contributed by atoms with Gasteiger partial charge in [0.15, 0.2) is 0 Å².